The molecular formula is C24H32F2N4O6S. The zero-order chi connectivity index (χ0) is 27.3. The Bertz CT molecular complexity index is 1280. The zero-order valence-corrected chi connectivity index (χ0v) is 22.2. The summed E-state index contributed by atoms with van der Waals surface area (Å²) in [5.74, 6) is -1.34. The van der Waals surface area contributed by atoms with Crippen molar-refractivity contribution in [1.82, 2.24) is 19.0 Å². The molecule has 2 aliphatic heterocycles. The van der Waals surface area contributed by atoms with Crippen LogP contribution < -0.4 is 0 Å². The first-order valence-electron chi connectivity index (χ1n) is 11.8. The third-order valence-corrected chi connectivity index (χ3v) is 7.86. The van der Waals surface area contributed by atoms with Crippen molar-refractivity contribution in [2.45, 2.75) is 63.5 Å². The van der Waals surface area contributed by atoms with E-state index in [1.165, 1.54) is 18.2 Å². The smallest absolute Gasteiger partial charge is 0.408 e. The van der Waals surface area contributed by atoms with Crippen molar-refractivity contribution in [3.63, 3.8) is 0 Å². The molecule has 4 rings (SSSR count). The van der Waals surface area contributed by atoms with Crippen molar-refractivity contribution in [2.24, 2.45) is 0 Å². The van der Waals surface area contributed by atoms with Crippen LogP contribution in [0.5, 0.6) is 0 Å². The fourth-order valence-corrected chi connectivity index (χ4v) is 6.28. The topological polar surface area (TPSA) is 114 Å². The maximum absolute atomic E-state index is 14.8. The quantitative estimate of drug-likeness (QED) is 0.592. The summed E-state index contributed by atoms with van der Waals surface area (Å²) >= 11 is 0. The van der Waals surface area contributed by atoms with E-state index >= 15 is 0 Å². The van der Waals surface area contributed by atoms with Gasteiger partial charge >= 0.3 is 6.09 Å². The van der Waals surface area contributed by atoms with E-state index in [2.05, 4.69) is 5.10 Å². The second-order valence-corrected chi connectivity index (χ2v) is 12.3. The van der Waals surface area contributed by atoms with Crippen molar-refractivity contribution in [3.8, 4) is 0 Å². The summed E-state index contributed by atoms with van der Waals surface area (Å²) in [5.41, 5.74) is 0.281. The lowest BCUT2D eigenvalue weighted by molar-refractivity contribution is -0.110. The molecule has 4 atom stereocenters. The number of hydrogen-bond acceptors (Lipinski definition) is 7. The van der Waals surface area contributed by atoms with Crippen molar-refractivity contribution >= 4 is 16.1 Å². The van der Waals surface area contributed by atoms with Crippen molar-refractivity contribution < 1.29 is 36.6 Å². The minimum Gasteiger partial charge on any atom is -0.465 e. The Morgan fingerprint density at radius 2 is 2.00 bits per heavy atom. The van der Waals surface area contributed by atoms with Gasteiger partial charge in [-0.15, -0.1) is 0 Å². The summed E-state index contributed by atoms with van der Waals surface area (Å²) < 4.78 is 66.0. The average molecular weight is 543 g/mol. The molecule has 13 heteroatoms. The summed E-state index contributed by atoms with van der Waals surface area (Å²) in [4.78, 5) is 15.7. The van der Waals surface area contributed by atoms with Gasteiger partial charge in [-0.05, 0) is 45.4 Å². The molecule has 2 aromatic rings. The van der Waals surface area contributed by atoms with Crippen LogP contribution >= 0.6 is 0 Å². The number of carbonyl (C=O) groups is 1. The first kappa shape index (κ1) is 27.4. The number of fused-ring (bicyclic) bond motifs is 1. The van der Waals surface area contributed by atoms with Crippen LogP contribution in [-0.2, 0) is 26.0 Å². The molecule has 1 amide bonds. The lowest BCUT2D eigenvalue weighted by Crippen LogP contribution is -2.58. The van der Waals surface area contributed by atoms with E-state index in [0.29, 0.717) is 11.3 Å². The molecule has 0 spiro atoms. The van der Waals surface area contributed by atoms with E-state index in [0.717, 1.165) is 28.5 Å². The predicted octanol–water partition coefficient (Wildman–Crippen LogP) is 3.15. The Balaban J connectivity index is 1.73. The maximum atomic E-state index is 14.8. The van der Waals surface area contributed by atoms with Crippen molar-refractivity contribution in [3.05, 3.63) is 52.9 Å². The number of halogens is 2. The van der Waals surface area contributed by atoms with E-state index in [1.54, 1.807) is 20.8 Å². The van der Waals surface area contributed by atoms with E-state index in [4.69, 9.17) is 9.47 Å². The number of amides is 1. The van der Waals surface area contributed by atoms with Crippen molar-refractivity contribution in [2.75, 3.05) is 26.6 Å². The Hall–Kier alpha value is -2.61. The van der Waals surface area contributed by atoms with Gasteiger partial charge in [-0.1, -0.05) is 0 Å². The van der Waals surface area contributed by atoms with E-state index in [1.807, 2.05) is 4.90 Å². The lowest BCUT2D eigenvalue weighted by Gasteiger charge is -2.49. The van der Waals surface area contributed by atoms with Crippen LogP contribution in [0, 0.1) is 11.6 Å². The summed E-state index contributed by atoms with van der Waals surface area (Å²) in [6.45, 7) is 5.73. The van der Waals surface area contributed by atoms with Crippen LogP contribution in [0.1, 0.15) is 56.2 Å². The van der Waals surface area contributed by atoms with Crippen LogP contribution in [-0.4, -0.2) is 82.8 Å². The first-order chi connectivity index (χ1) is 17.2. The van der Waals surface area contributed by atoms with Gasteiger partial charge in [-0.3, -0.25) is 9.80 Å². The summed E-state index contributed by atoms with van der Waals surface area (Å²) in [6, 6.07) is 1.46. The fraction of sp³-hybridized carbons (Fsp3) is 0.583. The van der Waals surface area contributed by atoms with E-state index in [9.17, 15) is 27.1 Å². The Morgan fingerprint density at radius 3 is 2.59 bits per heavy atom. The number of aromatic nitrogens is 2. The minimum atomic E-state index is -3.64. The van der Waals surface area contributed by atoms with E-state index in [-0.39, 0.29) is 43.8 Å². The van der Waals surface area contributed by atoms with Crippen LogP contribution in [0.25, 0.3) is 0 Å². The summed E-state index contributed by atoms with van der Waals surface area (Å²) in [6.07, 6.45) is 0.556. The number of rotatable bonds is 6. The molecule has 1 aromatic heterocycles. The Labute approximate surface area is 214 Å². The van der Waals surface area contributed by atoms with E-state index < -0.39 is 45.4 Å². The average Bonchev–Trinajstić information content (AvgIpc) is 3.34. The summed E-state index contributed by atoms with van der Waals surface area (Å²) in [5, 5.41) is 14.2. The normalized spacial score (nSPS) is 24.7. The van der Waals surface area contributed by atoms with Gasteiger partial charge in [0.2, 0.25) is 0 Å². The molecule has 1 fully saturated rings. The van der Waals surface area contributed by atoms with Gasteiger partial charge < -0.3 is 14.6 Å². The van der Waals surface area contributed by atoms with Gasteiger partial charge in [-0.25, -0.2) is 22.0 Å². The largest absolute Gasteiger partial charge is 0.465 e. The molecule has 3 heterocycles. The third-order valence-electron chi connectivity index (χ3n) is 6.92. The summed E-state index contributed by atoms with van der Waals surface area (Å²) in [7, 11) is -2.11. The molecule has 10 nitrogen and oxygen atoms in total. The third kappa shape index (κ3) is 5.22. The molecule has 2 aliphatic rings. The monoisotopic (exact) mass is 542 g/mol. The molecule has 1 N–H and O–H groups in total. The van der Waals surface area contributed by atoms with Gasteiger partial charge in [0.05, 0.1) is 43.4 Å². The van der Waals surface area contributed by atoms with Crippen LogP contribution in [0.2, 0.25) is 0 Å². The maximum Gasteiger partial charge on any atom is 0.408 e. The highest BCUT2D eigenvalue weighted by atomic mass is 32.2. The van der Waals surface area contributed by atoms with Gasteiger partial charge in [0.15, 0.2) is 0 Å². The van der Waals surface area contributed by atoms with Crippen LogP contribution in [0.3, 0.4) is 0 Å². The molecule has 0 aliphatic carbocycles. The number of nitrogens with zero attached hydrogens (tertiary/aromatic N) is 4. The van der Waals surface area contributed by atoms with Crippen LogP contribution in [0.4, 0.5) is 13.6 Å². The zero-order valence-electron chi connectivity index (χ0n) is 21.4. The van der Waals surface area contributed by atoms with Gasteiger partial charge in [0.1, 0.15) is 17.7 Å². The van der Waals surface area contributed by atoms with Gasteiger partial charge in [0.25, 0.3) is 10.0 Å². The Kier molecular flexibility index (Phi) is 7.36. The minimum absolute atomic E-state index is 0.0511. The first-order valence-corrected chi connectivity index (χ1v) is 13.7. The molecule has 0 saturated carbocycles. The van der Waals surface area contributed by atoms with Gasteiger partial charge in [0, 0.05) is 36.4 Å². The molecule has 0 radical (unpaired) electrons. The molecule has 204 valence electrons. The second-order valence-electron chi connectivity index (χ2n) is 10.5. The highest BCUT2D eigenvalue weighted by Gasteiger charge is 2.48. The number of benzene rings is 1. The highest BCUT2D eigenvalue weighted by molar-refractivity contribution is 7.89. The second kappa shape index (κ2) is 9.93. The molecule has 0 unspecified atom stereocenters. The molecule has 1 aromatic carbocycles. The number of methoxy groups -OCH3 is 1. The standard InChI is InChI=1S/C24H32F2N4O6S/c1-24(2,3)29(23(31)32)19-9-15(12-36-22(19)16-8-14(25)6-7-18(16)26)28-11-20-17(21(28)13-35-4)10-27-30(20)37(5,33)34/h6-8,10,15,19,21-22H,9,11-13H2,1-5H3,(H,31,32)/t15-,19+,21-,22-/m1/s1. The fourth-order valence-electron chi connectivity index (χ4n) is 5.50. The molecular weight excluding hydrogens is 510 g/mol. The number of carboxylic acid groups (broad SMARTS) is 1. The molecule has 0 bridgehead atoms. The van der Waals surface area contributed by atoms with Gasteiger partial charge in [-0.2, -0.15) is 9.19 Å². The van der Waals surface area contributed by atoms with Crippen molar-refractivity contribution in [1.29, 1.82) is 0 Å². The lowest BCUT2D eigenvalue weighted by atomic mass is 9.88. The predicted molar refractivity (Wildman–Crippen MR) is 129 cm³/mol. The highest BCUT2D eigenvalue weighted by Crippen LogP contribution is 2.43. The molecule has 1 saturated heterocycles. The molecule has 37 heavy (non-hydrogen) atoms. The number of hydrogen-bond donors (Lipinski definition) is 1. The SMILES string of the molecule is COC[C@@H]1c2cnn(S(C)(=O)=O)c2CN1[C@H]1CO[C@H](c2cc(F)ccc2F)[C@@H](N(C(=O)O)C(C)(C)C)C1. The Morgan fingerprint density at radius 1 is 1.30 bits per heavy atom. The number of ether oxygens (including phenoxy) is 2. The van der Waals surface area contributed by atoms with Crippen LogP contribution in [0.15, 0.2) is 24.4 Å².